The van der Waals surface area contributed by atoms with Gasteiger partial charge in [-0.2, -0.15) is 10.2 Å². The molecule has 9 nitrogen and oxygen atoms in total. The van der Waals surface area contributed by atoms with Gasteiger partial charge in [0.1, 0.15) is 29.1 Å². The Kier molecular flexibility index (Phi) is 7.90. The van der Waals surface area contributed by atoms with Crippen molar-refractivity contribution in [2.45, 2.75) is 6.54 Å². The lowest BCUT2D eigenvalue weighted by Crippen LogP contribution is -2.44. The summed E-state index contributed by atoms with van der Waals surface area (Å²) < 4.78 is 27.2. The molecule has 3 N–H and O–H groups in total. The molecule has 1 aliphatic heterocycles. The lowest BCUT2D eigenvalue weighted by molar-refractivity contribution is -0.111. The maximum Gasteiger partial charge on any atom is 0.247 e. The molecule has 1 aliphatic rings. The number of nitrogens with zero attached hydrogens (tertiary/aromatic N) is 5. The molecule has 2 aromatic carbocycles. The fraction of sp³-hybridized carbons (Fsp3) is 0.231. The van der Waals surface area contributed by atoms with Crippen LogP contribution in [0.4, 0.5) is 37.6 Å². The van der Waals surface area contributed by atoms with Crippen molar-refractivity contribution in [3.05, 3.63) is 78.0 Å². The molecule has 37 heavy (non-hydrogen) atoms. The number of nitrogens with one attached hydrogen (secondary N) is 3. The zero-order valence-electron chi connectivity index (χ0n) is 20.3. The number of carbonyl (C=O) groups excluding carboxylic acids is 1. The van der Waals surface area contributed by atoms with Gasteiger partial charge in [-0.15, -0.1) is 0 Å². The minimum atomic E-state index is -0.707. The van der Waals surface area contributed by atoms with Gasteiger partial charge in [0.25, 0.3) is 0 Å². The van der Waals surface area contributed by atoms with Gasteiger partial charge in [-0.05, 0) is 37.4 Å². The number of benzene rings is 2. The minimum Gasteiger partial charge on any atom is -0.369 e. The highest BCUT2D eigenvalue weighted by atomic mass is 19.1. The van der Waals surface area contributed by atoms with E-state index in [9.17, 15) is 18.8 Å². The van der Waals surface area contributed by atoms with Crippen LogP contribution in [0.2, 0.25) is 0 Å². The Morgan fingerprint density at radius 3 is 2.65 bits per heavy atom. The van der Waals surface area contributed by atoms with Crippen LogP contribution in [0.1, 0.15) is 11.1 Å². The van der Waals surface area contributed by atoms with Crippen LogP contribution in [0.25, 0.3) is 0 Å². The molecule has 190 valence electrons. The van der Waals surface area contributed by atoms with Crippen molar-refractivity contribution in [3.63, 3.8) is 0 Å². The summed E-state index contributed by atoms with van der Waals surface area (Å²) >= 11 is 0. The SMILES string of the molecule is C=CC(=O)Nc1cc(N2CCN(C)CC2)ccc1Nc1ncc(C#N)c(NCc2ccc(F)cc2F)n1. The first-order valence-corrected chi connectivity index (χ1v) is 11.6. The summed E-state index contributed by atoms with van der Waals surface area (Å²) in [6.07, 6.45) is 2.51. The molecule has 0 atom stereocenters. The summed E-state index contributed by atoms with van der Waals surface area (Å²) in [4.78, 5) is 25.2. The number of amides is 1. The fourth-order valence-electron chi connectivity index (χ4n) is 3.81. The highest BCUT2D eigenvalue weighted by Gasteiger charge is 2.17. The largest absolute Gasteiger partial charge is 0.369 e. The van der Waals surface area contributed by atoms with Crippen molar-refractivity contribution < 1.29 is 13.6 Å². The predicted molar refractivity (Wildman–Crippen MR) is 139 cm³/mol. The normalized spacial score (nSPS) is 13.5. The third-order valence-electron chi connectivity index (χ3n) is 5.93. The third-order valence-corrected chi connectivity index (χ3v) is 5.93. The number of likely N-dealkylation sites (N-methyl/N-ethyl adjacent to an activating group) is 1. The highest BCUT2D eigenvalue weighted by Crippen LogP contribution is 2.31. The van der Waals surface area contributed by atoms with Crippen molar-refractivity contribution >= 4 is 34.7 Å². The van der Waals surface area contributed by atoms with Gasteiger partial charge in [0, 0.05) is 50.0 Å². The Hall–Kier alpha value is -4.56. The molecule has 1 amide bonds. The van der Waals surface area contributed by atoms with Crippen LogP contribution < -0.4 is 20.9 Å². The molecule has 11 heteroatoms. The van der Waals surface area contributed by atoms with E-state index < -0.39 is 11.6 Å². The number of nitriles is 1. The standard InChI is InChI=1S/C26H26F2N8O/c1-3-24(37)32-23-13-20(36-10-8-35(2)9-11-36)6-7-22(23)33-26-31-16-18(14-29)25(34-26)30-15-17-4-5-19(27)12-21(17)28/h3-7,12-13,16H,1,8-11,15H2,2H3,(H,32,37)(H2,30,31,33,34). The van der Waals surface area contributed by atoms with E-state index in [1.165, 1.54) is 18.3 Å². The van der Waals surface area contributed by atoms with E-state index in [0.29, 0.717) is 11.4 Å². The van der Waals surface area contributed by atoms with E-state index in [-0.39, 0.29) is 35.3 Å². The molecule has 1 aromatic heterocycles. The topological polar surface area (TPSA) is 109 Å². The second-order valence-corrected chi connectivity index (χ2v) is 8.50. The van der Waals surface area contributed by atoms with E-state index in [1.807, 2.05) is 24.3 Å². The molecule has 0 bridgehead atoms. The van der Waals surface area contributed by atoms with E-state index >= 15 is 0 Å². The second-order valence-electron chi connectivity index (χ2n) is 8.50. The summed E-state index contributed by atoms with van der Waals surface area (Å²) in [5, 5.41) is 18.2. The lowest BCUT2D eigenvalue weighted by atomic mass is 10.2. The molecule has 0 unspecified atom stereocenters. The van der Waals surface area contributed by atoms with E-state index in [1.54, 1.807) is 0 Å². The van der Waals surface area contributed by atoms with Gasteiger partial charge in [0.2, 0.25) is 11.9 Å². The summed E-state index contributed by atoms with van der Waals surface area (Å²) in [5.41, 5.74) is 2.37. The molecule has 1 fully saturated rings. The van der Waals surface area contributed by atoms with Crippen LogP contribution in [0, 0.1) is 23.0 Å². The first kappa shape index (κ1) is 25.5. The van der Waals surface area contributed by atoms with E-state index in [4.69, 9.17) is 0 Å². The van der Waals surface area contributed by atoms with Gasteiger partial charge < -0.3 is 25.8 Å². The molecular formula is C26H26F2N8O. The van der Waals surface area contributed by atoms with Crippen LogP contribution in [0.3, 0.4) is 0 Å². The number of carbonyl (C=O) groups is 1. The number of halogens is 2. The van der Waals surface area contributed by atoms with Crippen molar-refractivity contribution in [1.82, 2.24) is 14.9 Å². The molecule has 1 saturated heterocycles. The number of hydrogen-bond donors (Lipinski definition) is 3. The summed E-state index contributed by atoms with van der Waals surface area (Å²) in [7, 11) is 2.08. The van der Waals surface area contributed by atoms with Gasteiger partial charge >= 0.3 is 0 Å². The molecule has 3 aromatic rings. The summed E-state index contributed by atoms with van der Waals surface area (Å²) in [5.74, 6) is -1.42. The third kappa shape index (κ3) is 6.36. The molecule has 0 aliphatic carbocycles. The number of aromatic nitrogens is 2. The van der Waals surface area contributed by atoms with Crippen LogP contribution >= 0.6 is 0 Å². The maximum absolute atomic E-state index is 14.0. The molecule has 0 saturated carbocycles. The van der Waals surface area contributed by atoms with Crippen LogP contribution in [0.15, 0.2) is 55.3 Å². The lowest BCUT2D eigenvalue weighted by Gasteiger charge is -2.34. The van der Waals surface area contributed by atoms with Crippen LogP contribution in [-0.2, 0) is 11.3 Å². The monoisotopic (exact) mass is 504 g/mol. The zero-order valence-corrected chi connectivity index (χ0v) is 20.3. The average Bonchev–Trinajstić information content (AvgIpc) is 2.89. The van der Waals surface area contributed by atoms with Crippen molar-refractivity contribution in [2.24, 2.45) is 0 Å². The number of piperazine rings is 1. The Balaban J connectivity index is 1.57. The smallest absolute Gasteiger partial charge is 0.247 e. The Morgan fingerprint density at radius 1 is 1.16 bits per heavy atom. The maximum atomic E-state index is 14.0. The van der Waals surface area contributed by atoms with Crippen molar-refractivity contribution in [1.29, 1.82) is 5.26 Å². The molecule has 2 heterocycles. The first-order chi connectivity index (χ1) is 17.9. The Bertz CT molecular complexity index is 1350. The van der Waals surface area contributed by atoms with Gasteiger partial charge in [-0.1, -0.05) is 12.6 Å². The fourth-order valence-corrected chi connectivity index (χ4v) is 3.81. The van der Waals surface area contributed by atoms with Gasteiger partial charge in [0.15, 0.2) is 0 Å². The van der Waals surface area contributed by atoms with E-state index in [0.717, 1.165) is 44.0 Å². The molecular weight excluding hydrogens is 478 g/mol. The van der Waals surface area contributed by atoms with Gasteiger partial charge in [-0.3, -0.25) is 4.79 Å². The number of hydrogen-bond acceptors (Lipinski definition) is 8. The quantitative estimate of drug-likeness (QED) is 0.397. The number of rotatable bonds is 8. The molecule has 0 spiro atoms. The summed E-state index contributed by atoms with van der Waals surface area (Å²) in [6, 6.07) is 10.9. The molecule has 0 radical (unpaired) electrons. The average molecular weight is 505 g/mol. The Morgan fingerprint density at radius 2 is 1.95 bits per heavy atom. The highest BCUT2D eigenvalue weighted by molar-refractivity contribution is 6.01. The van der Waals surface area contributed by atoms with Crippen molar-refractivity contribution in [3.8, 4) is 6.07 Å². The number of anilines is 5. The zero-order chi connectivity index (χ0) is 26.4. The predicted octanol–water partition coefficient (Wildman–Crippen LogP) is 3.86. The minimum absolute atomic E-state index is 0.0163. The first-order valence-electron chi connectivity index (χ1n) is 11.6. The van der Waals surface area contributed by atoms with Crippen LogP contribution in [0.5, 0.6) is 0 Å². The van der Waals surface area contributed by atoms with E-state index in [2.05, 4.69) is 49.3 Å². The molecule has 4 rings (SSSR count). The Labute approximate surface area is 213 Å². The second kappa shape index (κ2) is 11.5. The summed E-state index contributed by atoms with van der Waals surface area (Å²) in [6.45, 7) is 7.10. The van der Waals surface area contributed by atoms with Gasteiger partial charge in [-0.25, -0.2) is 13.8 Å². The van der Waals surface area contributed by atoms with Gasteiger partial charge in [0.05, 0.1) is 17.6 Å². The van der Waals surface area contributed by atoms with Crippen molar-refractivity contribution in [2.75, 3.05) is 54.1 Å². The van der Waals surface area contributed by atoms with Crippen LogP contribution in [-0.4, -0.2) is 54.0 Å².